The molecule has 0 fully saturated rings. The highest BCUT2D eigenvalue weighted by molar-refractivity contribution is 5.93. The lowest BCUT2D eigenvalue weighted by molar-refractivity contribution is -0.403. The van der Waals surface area contributed by atoms with Gasteiger partial charge in [0.1, 0.15) is 7.05 Å². The lowest BCUT2D eigenvalue weighted by atomic mass is 9.81. The second-order valence-electron chi connectivity index (χ2n) is 5.22. The van der Waals surface area contributed by atoms with E-state index in [1.807, 2.05) is 0 Å². The van der Waals surface area contributed by atoms with Gasteiger partial charge in [0.2, 0.25) is 5.69 Å². The van der Waals surface area contributed by atoms with Crippen molar-refractivity contribution in [3.05, 3.63) is 28.8 Å². The SMILES string of the molecule is CC1=[N+](C)c2cc(C)c(C)cc2C1(C)C.[I-]. The summed E-state index contributed by atoms with van der Waals surface area (Å²) in [4.78, 5) is 0. The Balaban J connectivity index is 0.00000128. The van der Waals surface area contributed by atoms with Crippen molar-refractivity contribution in [2.45, 2.75) is 40.0 Å². The highest BCUT2D eigenvalue weighted by Gasteiger charge is 2.41. The van der Waals surface area contributed by atoms with Gasteiger partial charge in [-0.15, -0.1) is 0 Å². The van der Waals surface area contributed by atoms with E-state index in [1.165, 1.54) is 28.1 Å². The Morgan fingerprint density at radius 3 is 2.06 bits per heavy atom. The van der Waals surface area contributed by atoms with Crippen molar-refractivity contribution in [2.24, 2.45) is 0 Å². The maximum atomic E-state index is 2.34. The molecule has 1 nitrogen and oxygen atoms in total. The average molecular weight is 329 g/mol. The van der Waals surface area contributed by atoms with Crippen LogP contribution in [0.3, 0.4) is 0 Å². The summed E-state index contributed by atoms with van der Waals surface area (Å²) >= 11 is 0. The molecule has 2 rings (SSSR count). The Hall–Kier alpha value is -0.380. The van der Waals surface area contributed by atoms with Crippen LogP contribution in [0.25, 0.3) is 0 Å². The number of aryl methyl sites for hydroxylation is 2. The second kappa shape index (κ2) is 4.13. The first-order valence-corrected chi connectivity index (χ1v) is 5.55. The fraction of sp³-hybridized carbons (Fsp3) is 0.500. The largest absolute Gasteiger partial charge is 1.00 e. The molecule has 2 heteroatoms. The summed E-state index contributed by atoms with van der Waals surface area (Å²) in [6, 6.07) is 4.65. The van der Waals surface area contributed by atoms with E-state index in [0.717, 1.165) is 0 Å². The standard InChI is InChI=1S/C14H20N.HI/c1-9-7-12-13(8-10(9)2)15(6)11(3)14(12,4)5;/h7-8H,1-6H3;1H/q+1;/p-1. The third-order valence-corrected chi connectivity index (χ3v) is 4.05. The third-order valence-electron chi connectivity index (χ3n) is 4.05. The molecule has 0 bridgehead atoms. The summed E-state index contributed by atoms with van der Waals surface area (Å²) in [5, 5.41) is 0. The van der Waals surface area contributed by atoms with Crippen LogP contribution in [0.1, 0.15) is 37.5 Å². The highest BCUT2D eigenvalue weighted by atomic mass is 127. The Morgan fingerprint density at radius 2 is 1.50 bits per heavy atom. The maximum Gasteiger partial charge on any atom is 0.209 e. The number of rotatable bonds is 0. The summed E-state index contributed by atoms with van der Waals surface area (Å²) in [5.41, 5.74) is 7.23. The maximum absolute atomic E-state index is 2.34. The molecule has 0 atom stereocenters. The van der Waals surface area contributed by atoms with Gasteiger partial charge in [0.25, 0.3) is 0 Å². The summed E-state index contributed by atoms with van der Waals surface area (Å²) in [7, 11) is 2.16. The third kappa shape index (κ3) is 1.71. The first kappa shape index (κ1) is 13.7. The van der Waals surface area contributed by atoms with Crippen LogP contribution in [0.5, 0.6) is 0 Å². The molecule has 88 valence electrons. The molecular formula is C14H20IN. The Morgan fingerprint density at radius 1 is 1.00 bits per heavy atom. The molecule has 1 aromatic rings. The molecule has 16 heavy (non-hydrogen) atoms. The molecule has 0 saturated carbocycles. The van der Waals surface area contributed by atoms with Crippen molar-refractivity contribution < 1.29 is 28.6 Å². The molecule has 0 saturated heterocycles. The molecule has 1 heterocycles. The van der Waals surface area contributed by atoms with Gasteiger partial charge in [0, 0.05) is 18.6 Å². The van der Waals surface area contributed by atoms with E-state index in [1.54, 1.807) is 0 Å². The first-order chi connectivity index (χ1) is 6.85. The zero-order chi connectivity index (χ0) is 11.4. The van der Waals surface area contributed by atoms with Crippen molar-refractivity contribution in [1.82, 2.24) is 0 Å². The molecule has 0 aromatic heterocycles. The molecule has 1 aromatic carbocycles. The van der Waals surface area contributed by atoms with E-state index in [0.29, 0.717) is 0 Å². The van der Waals surface area contributed by atoms with Crippen LogP contribution in [0.15, 0.2) is 12.1 Å². The first-order valence-electron chi connectivity index (χ1n) is 5.55. The molecule has 1 aliphatic heterocycles. The van der Waals surface area contributed by atoms with E-state index < -0.39 is 0 Å². The quantitative estimate of drug-likeness (QED) is 0.477. The molecule has 0 aliphatic carbocycles. The zero-order valence-electron chi connectivity index (χ0n) is 11.0. The van der Waals surface area contributed by atoms with Crippen LogP contribution < -0.4 is 24.0 Å². The van der Waals surface area contributed by atoms with Crippen molar-refractivity contribution in [2.75, 3.05) is 7.05 Å². The van der Waals surface area contributed by atoms with Crippen LogP contribution in [0, 0.1) is 13.8 Å². The number of benzene rings is 1. The molecule has 0 amide bonds. The lowest BCUT2D eigenvalue weighted by Crippen LogP contribution is -3.00. The zero-order valence-corrected chi connectivity index (χ0v) is 13.1. The number of halogens is 1. The minimum atomic E-state index is 0. The fourth-order valence-corrected chi connectivity index (χ4v) is 2.37. The van der Waals surface area contributed by atoms with Gasteiger partial charge < -0.3 is 24.0 Å². The van der Waals surface area contributed by atoms with Crippen molar-refractivity contribution in [3.63, 3.8) is 0 Å². The Kier molecular flexibility index (Phi) is 3.53. The predicted octanol–water partition coefficient (Wildman–Crippen LogP) is 0.333. The van der Waals surface area contributed by atoms with E-state index in [-0.39, 0.29) is 29.4 Å². The van der Waals surface area contributed by atoms with Gasteiger partial charge >= 0.3 is 0 Å². The minimum absolute atomic E-state index is 0. The van der Waals surface area contributed by atoms with Crippen LogP contribution in [-0.2, 0) is 5.41 Å². The van der Waals surface area contributed by atoms with Crippen LogP contribution >= 0.6 is 0 Å². The molecule has 1 aliphatic rings. The average Bonchev–Trinajstić information content (AvgIpc) is 2.32. The predicted molar refractivity (Wildman–Crippen MR) is 65.5 cm³/mol. The van der Waals surface area contributed by atoms with Crippen molar-refractivity contribution in [3.8, 4) is 0 Å². The number of hydrogen-bond donors (Lipinski definition) is 0. The van der Waals surface area contributed by atoms with Crippen LogP contribution in [0.2, 0.25) is 0 Å². The monoisotopic (exact) mass is 329 g/mol. The Labute approximate surface area is 116 Å². The molecule has 0 unspecified atom stereocenters. The summed E-state index contributed by atoms with van der Waals surface area (Å²) in [5.74, 6) is 0. The summed E-state index contributed by atoms with van der Waals surface area (Å²) in [6.07, 6.45) is 0. The van der Waals surface area contributed by atoms with Gasteiger partial charge in [-0.2, -0.15) is 0 Å². The van der Waals surface area contributed by atoms with Crippen molar-refractivity contribution in [1.29, 1.82) is 0 Å². The van der Waals surface area contributed by atoms with Gasteiger partial charge in [0.05, 0.1) is 5.41 Å². The van der Waals surface area contributed by atoms with Gasteiger partial charge in [-0.25, -0.2) is 4.58 Å². The van der Waals surface area contributed by atoms with Crippen LogP contribution in [0.4, 0.5) is 5.69 Å². The van der Waals surface area contributed by atoms with Gasteiger partial charge in [0.15, 0.2) is 5.71 Å². The second-order valence-corrected chi connectivity index (χ2v) is 5.22. The highest BCUT2D eigenvalue weighted by Crippen LogP contribution is 2.39. The molecular weight excluding hydrogens is 309 g/mol. The minimum Gasteiger partial charge on any atom is -1.00 e. The van der Waals surface area contributed by atoms with E-state index in [9.17, 15) is 0 Å². The normalized spacial score (nSPS) is 17.1. The molecule has 0 N–H and O–H groups in total. The van der Waals surface area contributed by atoms with Crippen molar-refractivity contribution >= 4 is 11.4 Å². The van der Waals surface area contributed by atoms with E-state index >= 15 is 0 Å². The lowest BCUT2D eigenvalue weighted by Gasteiger charge is -2.15. The topological polar surface area (TPSA) is 3.01 Å². The molecule has 0 spiro atoms. The van der Waals surface area contributed by atoms with Gasteiger partial charge in [-0.1, -0.05) is 0 Å². The van der Waals surface area contributed by atoms with E-state index in [4.69, 9.17) is 0 Å². The Bertz CT molecular complexity index is 470. The van der Waals surface area contributed by atoms with Gasteiger partial charge in [-0.3, -0.25) is 0 Å². The fourth-order valence-electron chi connectivity index (χ4n) is 2.37. The van der Waals surface area contributed by atoms with Crippen LogP contribution in [-0.4, -0.2) is 17.3 Å². The number of fused-ring (bicyclic) bond motifs is 1. The summed E-state index contributed by atoms with van der Waals surface area (Å²) < 4.78 is 2.32. The molecule has 0 radical (unpaired) electrons. The number of hydrogen-bond acceptors (Lipinski definition) is 0. The van der Waals surface area contributed by atoms with Gasteiger partial charge in [-0.05, 0) is 44.9 Å². The number of nitrogens with zero attached hydrogens (tertiary/aromatic N) is 1. The smallest absolute Gasteiger partial charge is 0.209 e. The van der Waals surface area contributed by atoms with E-state index in [2.05, 4.69) is 58.4 Å². The summed E-state index contributed by atoms with van der Waals surface area (Å²) in [6.45, 7) is 11.2.